The van der Waals surface area contributed by atoms with Crippen LogP contribution in [0, 0.1) is 6.92 Å². The SMILES string of the molecule is Cc1ccc(-c2cnc3c(ccn3COCC[Si](C)(C)C)c2N[C@@H]2CCCN(C(=O)OC(C)(C)C)C2)nc1.O=S=O. The standard InChI is InChI=1S/C29H43N5O3Si.O2S/c1-21-10-11-25(30-17-21)24-18-31-27-23(12-14-34(27)20-36-15-16-38(5,6)7)26(24)32-22-9-8-13-33(19-22)28(35)37-29(2,3)4;1-3-2/h10-12,14,17-18,22H,8-9,13,15-16,19-20H2,1-7H3,(H,31,32);/t22-;/m1./s1. The third-order valence-electron chi connectivity index (χ3n) is 6.62. The van der Waals surface area contributed by atoms with E-state index in [1.165, 1.54) is 0 Å². The van der Waals surface area contributed by atoms with Crippen LogP contribution in [0.4, 0.5) is 10.5 Å². The summed E-state index contributed by atoms with van der Waals surface area (Å²) in [6, 6.07) is 7.42. The molecule has 1 amide bonds. The van der Waals surface area contributed by atoms with E-state index in [2.05, 4.69) is 41.7 Å². The van der Waals surface area contributed by atoms with Crippen LogP contribution in [0.25, 0.3) is 22.3 Å². The second kappa shape index (κ2) is 14.2. The van der Waals surface area contributed by atoms with Gasteiger partial charge in [0.05, 0.1) is 11.4 Å². The number of aryl methyl sites for hydroxylation is 1. The maximum absolute atomic E-state index is 12.8. The summed E-state index contributed by atoms with van der Waals surface area (Å²) in [6.07, 6.45) is 7.43. The highest BCUT2D eigenvalue weighted by molar-refractivity contribution is 7.51. The van der Waals surface area contributed by atoms with Gasteiger partial charge >= 0.3 is 17.7 Å². The molecule has 0 unspecified atom stereocenters. The van der Waals surface area contributed by atoms with E-state index in [-0.39, 0.29) is 12.1 Å². The minimum Gasteiger partial charge on any atom is -0.444 e. The quantitative estimate of drug-likeness (QED) is 0.252. The number of aromatic nitrogens is 3. The normalized spacial score (nSPS) is 15.7. The van der Waals surface area contributed by atoms with Crippen LogP contribution < -0.4 is 5.32 Å². The Kier molecular flexibility index (Phi) is 11.2. The first kappa shape index (κ1) is 32.4. The molecule has 1 atom stereocenters. The molecule has 4 rings (SSSR count). The summed E-state index contributed by atoms with van der Waals surface area (Å²) in [5.74, 6) is 0. The van der Waals surface area contributed by atoms with Crippen molar-refractivity contribution in [1.29, 1.82) is 0 Å². The second-order valence-electron chi connectivity index (χ2n) is 12.6. The highest BCUT2D eigenvalue weighted by Gasteiger charge is 2.28. The molecule has 3 aromatic heterocycles. The first-order chi connectivity index (χ1) is 19.3. The second-order valence-corrected chi connectivity index (χ2v) is 18.4. The Balaban J connectivity index is 0.00000147. The number of hydrogen-bond donors (Lipinski definition) is 1. The van der Waals surface area contributed by atoms with Crippen molar-refractivity contribution in [3.05, 3.63) is 42.4 Å². The van der Waals surface area contributed by atoms with E-state index in [0.717, 1.165) is 59.0 Å². The molecule has 1 aliphatic rings. The summed E-state index contributed by atoms with van der Waals surface area (Å²) >= 11 is -0.750. The summed E-state index contributed by atoms with van der Waals surface area (Å²) in [7, 11) is -1.15. The van der Waals surface area contributed by atoms with Crippen LogP contribution >= 0.6 is 0 Å². The van der Waals surface area contributed by atoms with Crippen molar-refractivity contribution in [2.45, 2.75) is 84.6 Å². The molecule has 0 spiro atoms. The van der Waals surface area contributed by atoms with Crippen molar-refractivity contribution in [3.63, 3.8) is 0 Å². The summed E-state index contributed by atoms with van der Waals surface area (Å²) in [5, 5.41) is 4.80. The molecule has 1 saturated heterocycles. The number of hydrogen-bond acceptors (Lipinski definition) is 8. The Morgan fingerprint density at radius 2 is 1.88 bits per heavy atom. The molecule has 0 aromatic carbocycles. The zero-order valence-corrected chi connectivity index (χ0v) is 27.0. The van der Waals surface area contributed by atoms with E-state index in [1.54, 1.807) is 0 Å². The number of anilines is 1. The number of carbonyl (C=O) groups is 1. The molecule has 1 N–H and O–H groups in total. The maximum atomic E-state index is 12.8. The van der Waals surface area contributed by atoms with Gasteiger partial charge in [-0.2, -0.15) is 8.42 Å². The van der Waals surface area contributed by atoms with Gasteiger partial charge in [0.25, 0.3) is 0 Å². The fraction of sp³-hybridized carbons (Fsp3) is 0.552. The van der Waals surface area contributed by atoms with Crippen molar-refractivity contribution in [1.82, 2.24) is 19.4 Å². The van der Waals surface area contributed by atoms with Crippen molar-refractivity contribution < 1.29 is 22.7 Å². The molecule has 10 nitrogen and oxygen atoms in total. The number of amides is 1. The molecule has 4 heterocycles. The van der Waals surface area contributed by atoms with Crippen LogP contribution in [0.3, 0.4) is 0 Å². The van der Waals surface area contributed by atoms with Crippen molar-refractivity contribution in [2.24, 2.45) is 0 Å². The molecule has 0 saturated carbocycles. The summed E-state index contributed by atoms with van der Waals surface area (Å²) in [4.78, 5) is 24.1. The number of likely N-dealkylation sites (tertiary alicyclic amines) is 1. The van der Waals surface area contributed by atoms with Crippen LogP contribution in [-0.4, -0.2) is 73.4 Å². The van der Waals surface area contributed by atoms with E-state index < -0.39 is 25.2 Å². The number of carbonyl (C=O) groups excluding carboxylic acids is 1. The van der Waals surface area contributed by atoms with Gasteiger partial charge in [0.2, 0.25) is 0 Å². The van der Waals surface area contributed by atoms with Gasteiger partial charge in [0, 0.05) is 63.4 Å². The minimum atomic E-state index is -1.15. The molecule has 1 fully saturated rings. The van der Waals surface area contributed by atoms with Gasteiger partial charge in [0.15, 0.2) is 0 Å². The highest BCUT2D eigenvalue weighted by atomic mass is 32.1. The van der Waals surface area contributed by atoms with Crippen LogP contribution in [0.5, 0.6) is 0 Å². The molecule has 1 aliphatic heterocycles. The Bertz CT molecular complexity index is 1340. The maximum Gasteiger partial charge on any atom is 0.410 e. The van der Waals surface area contributed by atoms with Gasteiger partial charge in [-0.1, -0.05) is 25.7 Å². The number of nitrogens with one attached hydrogen (secondary N) is 1. The molecule has 3 aromatic rings. The highest BCUT2D eigenvalue weighted by Crippen LogP contribution is 2.35. The predicted octanol–water partition coefficient (Wildman–Crippen LogP) is 5.86. The average Bonchev–Trinajstić information content (AvgIpc) is 3.30. The molecular formula is C29H43N5O5SSi. The number of rotatable bonds is 8. The largest absolute Gasteiger partial charge is 0.444 e. The molecule has 0 aliphatic carbocycles. The summed E-state index contributed by atoms with van der Waals surface area (Å²) in [6.45, 7) is 17.3. The zero-order chi connectivity index (χ0) is 30.2. The third kappa shape index (κ3) is 9.75. The number of nitrogens with zero attached hydrogens (tertiary/aromatic N) is 4. The number of ether oxygens (including phenoxy) is 2. The minimum absolute atomic E-state index is 0.0856. The van der Waals surface area contributed by atoms with Crippen molar-refractivity contribution in [3.8, 4) is 11.3 Å². The van der Waals surface area contributed by atoms with Gasteiger partial charge in [0.1, 0.15) is 18.0 Å². The van der Waals surface area contributed by atoms with Gasteiger partial charge in [-0.25, -0.2) is 9.78 Å². The smallest absolute Gasteiger partial charge is 0.410 e. The molecule has 12 heteroatoms. The van der Waals surface area contributed by atoms with Gasteiger partial charge in [-0.05, 0) is 64.3 Å². The average molecular weight is 602 g/mol. The summed E-state index contributed by atoms with van der Waals surface area (Å²) < 4.78 is 30.3. The van der Waals surface area contributed by atoms with E-state index >= 15 is 0 Å². The fourth-order valence-electron chi connectivity index (χ4n) is 4.55. The monoisotopic (exact) mass is 601 g/mol. The summed E-state index contributed by atoms with van der Waals surface area (Å²) in [5.41, 5.74) is 4.27. The van der Waals surface area contributed by atoms with E-state index in [4.69, 9.17) is 27.9 Å². The van der Waals surface area contributed by atoms with E-state index in [1.807, 2.05) is 57.3 Å². The molecule has 0 bridgehead atoms. The lowest BCUT2D eigenvalue weighted by Crippen LogP contribution is -2.47. The van der Waals surface area contributed by atoms with Crippen LogP contribution in [0.2, 0.25) is 25.7 Å². The fourth-order valence-corrected chi connectivity index (χ4v) is 5.31. The number of piperidine rings is 1. The third-order valence-corrected chi connectivity index (χ3v) is 8.33. The van der Waals surface area contributed by atoms with Gasteiger partial charge in [-0.3, -0.25) is 4.98 Å². The first-order valence-corrected chi connectivity index (χ1v) is 18.3. The topological polar surface area (TPSA) is 116 Å². The van der Waals surface area contributed by atoms with Gasteiger partial charge in [-0.15, -0.1) is 0 Å². The molecular weight excluding hydrogens is 559 g/mol. The van der Waals surface area contributed by atoms with Gasteiger partial charge < -0.3 is 24.3 Å². The number of pyridine rings is 2. The van der Waals surface area contributed by atoms with Crippen LogP contribution in [0.15, 0.2) is 36.8 Å². The van der Waals surface area contributed by atoms with Crippen LogP contribution in [-0.2, 0) is 27.8 Å². The molecule has 0 radical (unpaired) electrons. The lowest BCUT2D eigenvalue weighted by Gasteiger charge is -2.35. The Labute approximate surface area is 247 Å². The lowest BCUT2D eigenvalue weighted by molar-refractivity contribution is 0.0206. The molecule has 41 heavy (non-hydrogen) atoms. The van der Waals surface area contributed by atoms with Crippen molar-refractivity contribution >= 4 is 42.5 Å². The number of fused-ring (bicyclic) bond motifs is 1. The van der Waals surface area contributed by atoms with E-state index in [9.17, 15) is 4.79 Å². The Hall–Kier alpha value is -3.09. The van der Waals surface area contributed by atoms with E-state index in [0.29, 0.717) is 19.8 Å². The van der Waals surface area contributed by atoms with Crippen LogP contribution in [0.1, 0.15) is 39.2 Å². The van der Waals surface area contributed by atoms with Crippen molar-refractivity contribution in [2.75, 3.05) is 25.0 Å². The first-order valence-electron chi connectivity index (χ1n) is 14.0. The lowest BCUT2D eigenvalue weighted by atomic mass is 10.0. The Morgan fingerprint density at radius 1 is 1.15 bits per heavy atom. The molecule has 224 valence electrons. The zero-order valence-electron chi connectivity index (χ0n) is 25.2. The Morgan fingerprint density at radius 3 is 2.51 bits per heavy atom. The predicted molar refractivity (Wildman–Crippen MR) is 165 cm³/mol.